The number of phosphoric ester groups is 2. The Morgan fingerprint density at radius 2 is 0.756 bits per heavy atom. The summed E-state index contributed by atoms with van der Waals surface area (Å²) in [7, 11) is -10.3. The van der Waals surface area contributed by atoms with E-state index in [9.17, 15) is 77.8 Å². The zero-order chi connectivity index (χ0) is 95.3. The van der Waals surface area contributed by atoms with E-state index in [0.717, 1.165) is 10.9 Å². The van der Waals surface area contributed by atoms with Crippen LogP contribution in [0.15, 0.2) is 101 Å². The molecule has 59 nitrogen and oxygen atoms in total. The lowest BCUT2D eigenvalue weighted by Gasteiger charge is -2.28. The van der Waals surface area contributed by atoms with Gasteiger partial charge in [-0.15, -0.1) is 0 Å². The quantitative estimate of drug-likeness (QED) is 0.0662. The molecular formula is C66H77N25O34P6S4. The lowest BCUT2D eigenvalue weighted by molar-refractivity contribution is -0.0672. The molecule has 135 heavy (non-hydrogen) atoms. The van der Waals surface area contributed by atoms with Crippen molar-refractivity contribution in [2.24, 2.45) is 5.73 Å². The van der Waals surface area contributed by atoms with Gasteiger partial charge in [-0.3, -0.25) is 88.6 Å². The number of hydrogen-bond acceptors (Lipinski definition) is 47. The number of phosphoric acid groups is 2. The van der Waals surface area contributed by atoms with Gasteiger partial charge in [0.05, 0.1) is 82.7 Å². The number of primary amides is 1. The number of fused-ring (bicyclic) bond motifs is 15. The Balaban J connectivity index is 0.000000130. The molecule has 21 rings (SSSR count). The third kappa shape index (κ3) is 19.0. The summed E-state index contributed by atoms with van der Waals surface area (Å²) in [5.74, 6) is -1.39. The van der Waals surface area contributed by atoms with Crippen LogP contribution >= 0.6 is 54.8 Å². The second kappa shape index (κ2) is 36.6. The molecule has 21 heterocycles. The zero-order valence-electron chi connectivity index (χ0n) is 68.1. The van der Waals surface area contributed by atoms with Crippen LogP contribution in [-0.2, 0) is 132 Å². The van der Waals surface area contributed by atoms with Crippen molar-refractivity contribution in [2.45, 2.75) is 148 Å². The number of imidazole rings is 4. The van der Waals surface area contributed by atoms with Gasteiger partial charge in [-0.1, -0.05) is 12.2 Å². The van der Waals surface area contributed by atoms with Crippen LogP contribution in [-0.4, -0.2) is 280 Å². The Bertz CT molecular complexity index is 6890. The number of carbonyl (C=O) groups is 1. The lowest BCUT2D eigenvalue weighted by Crippen LogP contribution is -2.36. The number of ether oxygens (including phenoxy) is 6. The van der Waals surface area contributed by atoms with Crippen LogP contribution in [0.2, 0.25) is 0 Å². The van der Waals surface area contributed by atoms with Crippen molar-refractivity contribution in [3.63, 3.8) is 0 Å². The maximum atomic E-state index is 13.5. The Kier molecular flexibility index (Phi) is 25.8. The van der Waals surface area contributed by atoms with E-state index in [1.165, 1.54) is 57.3 Å². The van der Waals surface area contributed by atoms with Gasteiger partial charge in [0.15, 0.2) is 76.5 Å². The number of anilines is 5. The molecule has 0 spiro atoms. The Morgan fingerprint density at radius 1 is 0.393 bits per heavy atom. The molecule has 1 amide bonds. The number of aromatic amines is 3. The first-order valence-electron chi connectivity index (χ1n) is 39.8. The second-order valence-electron chi connectivity index (χ2n) is 31.2. The van der Waals surface area contributed by atoms with E-state index in [-0.39, 0.29) is 94.1 Å². The number of aromatic nitrogens is 19. The van der Waals surface area contributed by atoms with Gasteiger partial charge in [0.1, 0.15) is 102 Å². The van der Waals surface area contributed by atoms with Gasteiger partial charge in [-0.25, -0.2) is 48.6 Å². The largest absolute Gasteiger partial charge is 0.472 e. The molecular weight excluding hydrogens is 2000 g/mol. The van der Waals surface area contributed by atoms with Crippen molar-refractivity contribution < 1.29 is 146 Å². The molecule has 69 heteroatoms. The van der Waals surface area contributed by atoms with Crippen molar-refractivity contribution in [3.05, 3.63) is 123 Å². The molecule has 12 aromatic heterocycles. The standard InChI is InChI=1S/C22H25N9O14P2.2C22H26N8O10P2S2/c23-16(34)7-1-2-25-17-10(7)26-5-30(17)20-13(33)14-9(43-20)4-41-47(38,39)45-15-12(32)8(3-40-46(36,37)44-14)42-21(15)31-6-27-11-18(31)28-22(24)29-19(11)35;2*23-11-1-3-25-17-10(11)2-4-29(17)21-15(31)16-13(38-21)7-36-41(33,43)39-12-5-9(6-35-42(34,44)40-16)37-20(12)30-8-26-14-18(30)27-22(24)28-19(14)32/h1-2,5-6,8-9,12-15,20-21,32-33H,3-4H2,(H2,23,34)(H,36,37)(H,38,39)(H3,24,28,29,35);2*1-4,8-9,12-13,15-16,20-21,31H,5-7H2,(H2,23,25)(H,33,43)(H,34,44)(H3,24,27,28,32)/t8-,9-,12-,13-,14-,15-,20-,21-;2*9?,12-,13-,15-,16-,20-,21-,41?,42?/m111/s1. The van der Waals surface area contributed by atoms with Crippen molar-refractivity contribution >= 4 is 192 Å². The van der Waals surface area contributed by atoms with Crippen LogP contribution in [0, 0.1) is 0 Å². The molecule has 9 saturated heterocycles. The molecule has 9 aliphatic rings. The molecule has 0 radical (unpaired) electrons. The van der Waals surface area contributed by atoms with Gasteiger partial charge in [-0.05, 0) is 65.8 Å². The summed E-state index contributed by atoms with van der Waals surface area (Å²) in [4.78, 5) is 152. The third-order valence-electron chi connectivity index (χ3n) is 22.6. The summed E-state index contributed by atoms with van der Waals surface area (Å²) in [6.07, 6.45) is -15.6. The first-order valence-corrected chi connectivity index (χ1v) is 53.3. The highest BCUT2D eigenvalue weighted by atomic mass is 32.7. The first kappa shape index (κ1) is 95.4. The molecule has 0 aliphatic carbocycles. The Hall–Kier alpha value is -8.57. The number of rotatable bonds is 7. The highest BCUT2D eigenvalue weighted by molar-refractivity contribution is 8.44. The van der Waals surface area contributed by atoms with Crippen molar-refractivity contribution in [1.82, 2.24) is 92.2 Å². The van der Waals surface area contributed by atoms with Gasteiger partial charge in [0.25, 0.3) is 22.6 Å². The number of amides is 1. The topological polar surface area (TPSA) is 830 Å². The molecule has 9 fully saturated rings. The van der Waals surface area contributed by atoms with Gasteiger partial charge in [0.2, 0.25) is 17.8 Å². The average molecular weight is 2080 g/mol. The van der Waals surface area contributed by atoms with E-state index in [1.54, 1.807) is 45.8 Å². The number of thiol groups is 1. The van der Waals surface area contributed by atoms with E-state index >= 15 is 0 Å². The zero-order valence-corrected chi connectivity index (χ0v) is 76.9. The Labute approximate surface area is 771 Å². The predicted molar refractivity (Wildman–Crippen MR) is 469 cm³/mol. The number of nitrogen functional groups attached to an aromatic ring is 5. The maximum Gasteiger partial charge on any atom is 0.472 e. The number of nitrogens with one attached hydrogen (secondary N) is 3. The molecule has 12 aromatic rings. The molecule has 6 bridgehead atoms. The summed E-state index contributed by atoms with van der Waals surface area (Å²) in [6, 6.07) is 8.04. The minimum atomic E-state index is -5.15. The molecule has 0 saturated carbocycles. The SMILES string of the molecule is NC(=O)c1ccnc2c1ncn2[C@@H]1O[C@@H]2COP(=O)(O)O[C@@H]3[C@H](O)[C@@H](COP(=O)(O)O[C@H]2[C@H]1O)O[C@H]3n1cnc2c(=O)[nH]c(N)nc21.Nc1nc2c(ncn2[C@@H]2OC3COP(O)(=S)O[C@H]4[C@@H](O)[C@H](n5ccc6c(N)ccnc65)O[C@@H]4COP(=O)(S)O[C@@H]2C3)c(=O)[nH]1.Nc1nc2c(ncn2[C@@H]2OC3COP(O)(=S)O[C@H]4[C@@H](O)[C@H](n5ccc6c(N)ccnc65)O[C@@H]4COP(O)(=S)O[C@@H]2C3)c(=O)[nH]1. The van der Waals surface area contributed by atoms with E-state index < -0.39 is 227 Å². The molecule has 28 atom stereocenters. The highest BCUT2D eigenvalue weighted by Gasteiger charge is 2.57. The Morgan fingerprint density at radius 3 is 1.22 bits per heavy atom. The molecule has 8 unspecified atom stereocenters. The molecule has 9 aliphatic heterocycles. The fraction of sp³-hybridized carbons (Fsp3) is 0.455. The smallest absolute Gasteiger partial charge is 0.398 e. The van der Waals surface area contributed by atoms with Crippen molar-refractivity contribution in [3.8, 4) is 0 Å². The van der Waals surface area contributed by atoms with Gasteiger partial charge in [-0.2, -0.15) is 15.0 Å². The number of H-pyrrole nitrogens is 3. The fourth-order valence-corrected chi connectivity index (χ4v) is 24.4. The van der Waals surface area contributed by atoms with Gasteiger partial charge < -0.3 is 135 Å². The van der Waals surface area contributed by atoms with E-state index in [1.807, 2.05) is 0 Å². The van der Waals surface area contributed by atoms with Crippen molar-refractivity contribution in [2.75, 3.05) is 68.3 Å². The molecule has 724 valence electrons. The van der Waals surface area contributed by atoms with E-state index in [4.69, 9.17) is 153 Å². The molecule has 24 N–H and O–H groups in total. The lowest BCUT2D eigenvalue weighted by atomic mass is 10.1. The minimum absolute atomic E-state index is 0.000451. The molecule has 0 aromatic carbocycles. The number of pyridine rings is 3. The van der Waals surface area contributed by atoms with Gasteiger partial charge >= 0.3 is 42.6 Å². The van der Waals surface area contributed by atoms with E-state index in [2.05, 4.69) is 77.0 Å². The van der Waals surface area contributed by atoms with Crippen LogP contribution in [0.1, 0.15) is 60.6 Å². The van der Waals surface area contributed by atoms with Crippen LogP contribution in [0.5, 0.6) is 0 Å². The maximum absolute atomic E-state index is 13.5. The minimum Gasteiger partial charge on any atom is -0.398 e. The summed E-state index contributed by atoms with van der Waals surface area (Å²) in [5.41, 5.74) is 34.6. The second-order valence-corrected chi connectivity index (χ2v) is 45.3. The van der Waals surface area contributed by atoms with Crippen LogP contribution in [0.3, 0.4) is 0 Å². The summed E-state index contributed by atoms with van der Waals surface area (Å²) in [5, 5.41) is 46.1. The monoisotopic (exact) mass is 2080 g/mol. The van der Waals surface area contributed by atoms with Crippen LogP contribution in [0.25, 0.3) is 66.7 Å². The number of hydrogen-bond donors (Lipinski definition) is 19. The summed E-state index contributed by atoms with van der Waals surface area (Å²) >= 11 is 20.1. The first-order chi connectivity index (χ1) is 64.0. The van der Waals surface area contributed by atoms with E-state index in [0.29, 0.717) is 33.4 Å². The van der Waals surface area contributed by atoms with Crippen LogP contribution in [0.4, 0.5) is 29.2 Å². The average Bonchev–Trinajstić information content (AvgIpc) is 1.59. The van der Waals surface area contributed by atoms with Crippen molar-refractivity contribution in [1.29, 1.82) is 0 Å². The van der Waals surface area contributed by atoms with Crippen LogP contribution < -0.4 is 51.1 Å². The fourth-order valence-electron chi connectivity index (χ4n) is 16.6. The number of aliphatic hydroxyl groups excluding tert-OH is 4. The number of nitrogens with two attached hydrogens (primary N) is 6. The summed E-state index contributed by atoms with van der Waals surface area (Å²) in [6.45, 7) is -19.3. The number of aliphatic hydroxyl groups is 4. The predicted octanol–water partition coefficient (Wildman–Crippen LogP) is -1.14. The third-order valence-corrected chi connectivity index (χ3v) is 30.9. The van der Waals surface area contributed by atoms with Gasteiger partial charge in [0, 0.05) is 66.0 Å². The number of carbonyl (C=O) groups excluding carboxylic acids is 1. The summed E-state index contributed by atoms with van der Waals surface area (Å²) < 4.78 is 151. The highest BCUT2D eigenvalue weighted by Crippen LogP contribution is 2.61. The number of nitrogens with zero attached hydrogens (tertiary/aromatic N) is 16. The normalized spacial score (nSPS) is 36.5.